The molecule has 0 fully saturated rings. The van der Waals surface area contributed by atoms with Crippen molar-refractivity contribution in [1.29, 1.82) is 0 Å². The van der Waals surface area contributed by atoms with E-state index in [1.807, 2.05) is 24.3 Å². The Morgan fingerprint density at radius 1 is 0.392 bits per heavy atom. The lowest BCUT2D eigenvalue weighted by Crippen LogP contribution is -2.30. The van der Waals surface area contributed by atoms with Crippen LogP contribution in [0, 0.1) is 0 Å². The summed E-state index contributed by atoms with van der Waals surface area (Å²) in [6, 6.07) is 0. The van der Waals surface area contributed by atoms with Gasteiger partial charge in [-0.25, -0.2) is 4.57 Å². The third kappa shape index (κ3) is 52.7. The highest BCUT2D eigenvalue weighted by Crippen LogP contribution is 2.43. The van der Waals surface area contributed by atoms with Gasteiger partial charge >= 0.3 is 25.7 Å². The molecule has 0 aliphatic heterocycles. The quantitative estimate of drug-likeness (QED) is 0.0197. The molecule has 0 saturated carbocycles. The normalized spacial score (nSPS) is 14.3. The molecule has 420 valence electrons. The standard InChI is InChI=1S/C62H101O11P/c1-4-7-10-13-16-19-22-25-27-29-31-34-37-40-43-46-49-52-61(65)72-58(54-63)56-70-74(67,68)71-57-59(55-69-60(64)51-48-45-42-39-36-33-24-21-18-15-12-9-6-3)73-62(66)53-50-47-44-41-38-35-32-30-28-26-23-20-17-14-11-8-5-2/h8-9,11-12,17-18,20-21,25-28,32-33,35-36,41-42,44-45,58-59,63H,4-7,10,13-16,19,22-24,29-31,34,37-40,43,46-57H2,1-3H3,(H,67,68)/b11-8-,12-9-,20-17-,21-18-,27-25-,28-26-,35-32-,36-33-,44-41-,45-42-. The lowest BCUT2D eigenvalue weighted by molar-refractivity contribution is -0.161. The summed E-state index contributed by atoms with van der Waals surface area (Å²) in [4.78, 5) is 48.4. The highest BCUT2D eigenvalue weighted by molar-refractivity contribution is 7.47. The minimum atomic E-state index is -4.79. The summed E-state index contributed by atoms with van der Waals surface area (Å²) in [5, 5.41) is 9.82. The number of aliphatic hydroxyl groups is 1. The fourth-order valence-electron chi connectivity index (χ4n) is 7.10. The van der Waals surface area contributed by atoms with Crippen LogP contribution in [0.15, 0.2) is 122 Å². The first kappa shape index (κ1) is 69.9. The average molecular weight is 1050 g/mol. The highest BCUT2D eigenvalue weighted by atomic mass is 31.2. The second kappa shape index (κ2) is 55.1. The number of rotatable bonds is 51. The summed E-state index contributed by atoms with van der Waals surface area (Å²) >= 11 is 0. The maximum Gasteiger partial charge on any atom is 0.472 e. The number of unbranched alkanes of at least 4 members (excludes halogenated alkanes) is 14. The molecule has 3 unspecified atom stereocenters. The van der Waals surface area contributed by atoms with Crippen LogP contribution in [0.4, 0.5) is 0 Å². The minimum absolute atomic E-state index is 0.0684. The topological polar surface area (TPSA) is 155 Å². The maximum absolute atomic E-state index is 12.9. The molecule has 0 aromatic heterocycles. The number of phosphoric acid groups is 1. The molecule has 0 aliphatic rings. The van der Waals surface area contributed by atoms with Gasteiger partial charge in [-0.2, -0.15) is 0 Å². The predicted molar refractivity (Wildman–Crippen MR) is 306 cm³/mol. The van der Waals surface area contributed by atoms with Crippen molar-refractivity contribution in [2.75, 3.05) is 26.4 Å². The molecular weight excluding hydrogens is 952 g/mol. The Labute approximate surface area is 449 Å². The number of carbonyl (C=O) groups excluding carboxylic acids is 3. The molecule has 0 heterocycles. The summed E-state index contributed by atoms with van der Waals surface area (Å²) in [5.41, 5.74) is 0. The van der Waals surface area contributed by atoms with E-state index in [0.717, 1.165) is 89.9 Å². The van der Waals surface area contributed by atoms with Crippen LogP contribution in [-0.2, 0) is 42.2 Å². The molecule has 2 N–H and O–H groups in total. The van der Waals surface area contributed by atoms with E-state index in [1.165, 1.54) is 57.8 Å². The Balaban J connectivity index is 4.85. The van der Waals surface area contributed by atoms with Crippen molar-refractivity contribution in [2.24, 2.45) is 0 Å². The van der Waals surface area contributed by atoms with Crippen LogP contribution in [0.1, 0.15) is 213 Å². The number of ether oxygens (including phenoxy) is 3. The van der Waals surface area contributed by atoms with Crippen LogP contribution in [-0.4, -0.2) is 66.5 Å². The third-order valence-electron chi connectivity index (χ3n) is 11.4. The number of aliphatic hydroxyl groups excluding tert-OH is 1. The average Bonchev–Trinajstić information content (AvgIpc) is 3.39. The molecule has 11 nitrogen and oxygen atoms in total. The summed E-state index contributed by atoms with van der Waals surface area (Å²) in [7, 11) is -4.79. The van der Waals surface area contributed by atoms with Crippen LogP contribution in [0.25, 0.3) is 0 Å². The number of allylic oxidation sites excluding steroid dienone is 20. The van der Waals surface area contributed by atoms with Crippen molar-refractivity contribution < 1.29 is 52.2 Å². The van der Waals surface area contributed by atoms with Crippen molar-refractivity contribution in [3.63, 3.8) is 0 Å². The molecule has 0 aliphatic carbocycles. The van der Waals surface area contributed by atoms with Crippen LogP contribution in [0.3, 0.4) is 0 Å². The van der Waals surface area contributed by atoms with Crippen molar-refractivity contribution >= 4 is 25.7 Å². The van der Waals surface area contributed by atoms with Gasteiger partial charge in [0.1, 0.15) is 12.7 Å². The van der Waals surface area contributed by atoms with Crippen molar-refractivity contribution in [1.82, 2.24) is 0 Å². The zero-order valence-corrected chi connectivity index (χ0v) is 47.2. The molecule has 0 rings (SSSR count). The molecule has 74 heavy (non-hydrogen) atoms. The van der Waals surface area contributed by atoms with Gasteiger partial charge in [-0.15, -0.1) is 0 Å². The Morgan fingerprint density at radius 3 is 1.20 bits per heavy atom. The van der Waals surface area contributed by atoms with Crippen molar-refractivity contribution in [3.05, 3.63) is 122 Å². The third-order valence-corrected chi connectivity index (χ3v) is 12.3. The number of hydrogen-bond donors (Lipinski definition) is 2. The molecule has 0 amide bonds. The Kier molecular flexibility index (Phi) is 52.1. The Hall–Kier alpha value is -4.12. The van der Waals surface area contributed by atoms with Crippen LogP contribution < -0.4 is 0 Å². The minimum Gasteiger partial charge on any atom is -0.462 e. The first-order chi connectivity index (χ1) is 36.2. The van der Waals surface area contributed by atoms with E-state index in [9.17, 15) is 28.9 Å². The predicted octanol–water partition coefficient (Wildman–Crippen LogP) is 16.8. The van der Waals surface area contributed by atoms with E-state index in [2.05, 4.69) is 118 Å². The lowest BCUT2D eigenvalue weighted by atomic mass is 10.1. The van der Waals surface area contributed by atoms with Gasteiger partial charge in [-0.05, 0) is 109 Å². The maximum atomic E-state index is 12.9. The molecule has 0 saturated heterocycles. The highest BCUT2D eigenvalue weighted by Gasteiger charge is 2.28. The molecule has 0 aromatic rings. The summed E-state index contributed by atoms with van der Waals surface area (Å²) < 4.78 is 39.3. The van der Waals surface area contributed by atoms with Crippen molar-refractivity contribution in [2.45, 2.75) is 226 Å². The van der Waals surface area contributed by atoms with Gasteiger partial charge in [0.25, 0.3) is 0 Å². The van der Waals surface area contributed by atoms with Crippen LogP contribution in [0.2, 0.25) is 0 Å². The van der Waals surface area contributed by atoms with E-state index < -0.39 is 64.4 Å². The van der Waals surface area contributed by atoms with Crippen LogP contribution >= 0.6 is 7.82 Å². The smallest absolute Gasteiger partial charge is 0.462 e. The number of carbonyl (C=O) groups is 3. The number of hydrogen-bond acceptors (Lipinski definition) is 10. The van der Waals surface area contributed by atoms with E-state index in [4.69, 9.17) is 23.3 Å². The van der Waals surface area contributed by atoms with Gasteiger partial charge in [-0.3, -0.25) is 23.4 Å². The Bertz CT molecular complexity index is 1700. The lowest BCUT2D eigenvalue weighted by Gasteiger charge is -2.21. The van der Waals surface area contributed by atoms with Crippen molar-refractivity contribution in [3.8, 4) is 0 Å². The van der Waals surface area contributed by atoms with E-state index >= 15 is 0 Å². The monoisotopic (exact) mass is 1050 g/mol. The molecule has 0 bridgehead atoms. The zero-order chi connectivity index (χ0) is 54.1. The molecular formula is C62H101O11P. The molecule has 12 heteroatoms. The van der Waals surface area contributed by atoms with E-state index in [-0.39, 0.29) is 19.3 Å². The van der Waals surface area contributed by atoms with Gasteiger partial charge in [0, 0.05) is 19.3 Å². The van der Waals surface area contributed by atoms with Gasteiger partial charge in [-0.1, -0.05) is 206 Å². The zero-order valence-electron chi connectivity index (χ0n) is 46.3. The number of phosphoric ester groups is 1. The summed E-state index contributed by atoms with van der Waals surface area (Å²) in [6.45, 7) is 4.24. The molecule has 0 radical (unpaired) electrons. The first-order valence-corrected chi connectivity index (χ1v) is 29.9. The fraction of sp³-hybridized carbons (Fsp3) is 0.629. The van der Waals surface area contributed by atoms with Gasteiger partial charge in [0.05, 0.1) is 19.8 Å². The first-order valence-electron chi connectivity index (χ1n) is 28.4. The summed E-state index contributed by atoms with van der Waals surface area (Å²) in [5.74, 6) is -1.65. The SMILES string of the molecule is CC/C=C\C/C=C\C/C=C\C/C=C\C/C=C\CCCC(=O)OC(COC(=O)CC/C=C\C/C=C\C/C=C\C/C=C\CC)COP(=O)(O)OCC(CO)OC(=O)CCCCCCCCC/C=C\CCCCCCCC. The fourth-order valence-corrected chi connectivity index (χ4v) is 7.89. The van der Waals surface area contributed by atoms with Gasteiger partial charge in [0.15, 0.2) is 6.10 Å². The van der Waals surface area contributed by atoms with Crippen LogP contribution in [0.5, 0.6) is 0 Å². The number of esters is 3. The molecule has 3 atom stereocenters. The van der Waals surface area contributed by atoms with E-state index in [1.54, 1.807) is 0 Å². The van der Waals surface area contributed by atoms with E-state index in [0.29, 0.717) is 25.7 Å². The van der Waals surface area contributed by atoms with Gasteiger partial charge in [0.2, 0.25) is 0 Å². The Morgan fingerprint density at radius 2 is 0.743 bits per heavy atom. The second-order valence-corrected chi connectivity index (χ2v) is 19.8. The molecule has 0 spiro atoms. The summed E-state index contributed by atoms with van der Waals surface area (Å²) in [6.07, 6.45) is 67.6. The second-order valence-electron chi connectivity index (χ2n) is 18.3. The van der Waals surface area contributed by atoms with Gasteiger partial charge < -0.3 is 24.2 Å². The molecule has 0 aromatic carbocycles. The largest absolute Gasteiger partial charge is 0.472 e.